The van der Waals surface area contributed by atoms with Crippen LogP contribution in [0.1, 0.15) is 56.6 Å². The van der Waals surface area contributed by atoms with Gasteiger partial charge in [-0.2, -0.15) is 13.2 Å². The summed E-state index contributed by atoms with van der Waals surface area (Å²) in [5.74, 6) is 0.706. The lowest BCUT2D eigenvalue weighted by Gasteiger charge is -2.28. The molecule has 2 aliphatic carbocycles. The van der Waals surface area contributed by atoms with Gasteiger partial charge in [-0.25, -0.2) is 0 Å². The summed E-state index contributed by atoms with van der Waals surface area (Å²) in [5, 5.41) is 16.3. The number of aliphatic hydroxyl groups is 1. The zero-order valence-corrected chi connectivity index (χ0v) is 15.6. The van der Waals surface area contributed by atoms with Crippen LogP contribution in [0.2, 0.25) is 0 Å². The zero-order valence-electron chi connectivity index (χ0n) is 15.6. The van der Waals surface area contributed by atoms with Crippen molar-refractivity contribution in [3.63, 3.8) is 0 Å². The molecular weight excluding hydrogens is 355 g/mol. The first kappa shape index (κ1) is 20.0. The lowest BCUT2D eigenvalue weighted by Crippen LogP contribution is -2.45. The maximum atomic E-state index is 13.0. The average molecular weight is 383 g/mol. The van der Waals surface area contributed by atoms with Crippen LogP contribution in [0, 0.1) is 0 Å². The minimum atomic E-state index is -4.32. The fourth-order valence-electron chi connectivity index (χ4n) is 3.68. The van der Waals surface area contributed by atoms with Crippen LogP contribution in [-0.2, 0) is 11.6 Å². The first-order valence-corrected chi connectivity index (χ1v) is 9.73. The molecule has 0 amide bonds. The summed E-state index contributed by atoms with van der Waals surface area (Å²) in [6, 6.07) is 5.92. The number of aliphatic hydroxyl groups excluding tert-OH is 1. The Hall–Kier alpha value is -1.76. The molecule has 2 saturated carbocycles. The van der Waals surface area contributed by atoms with Crippen molar-refractivity contribution in [3.05, 3.63) is 35.4 Å². The molecular formula is C20H28F3N3O. The molecule has 0 aromatic heterocycles. The van der Waals surface area contributed by atoms with Crippen molar-refractivity contribution in [3.8, 4) is 0 Å². The number of rotatable bonds is 5. The van der Waals surface area contributed by atoms with Gasteiger partial charge >= 0.3 is 6.18 Å². The molecule has 1 aromatic carbocycles. The van der Waals surface area contributed by atoms with Gasteiger partial charge in [-0.05, 0) is 57.1 Å². The molecule has 4 nitrogen and oxygen atoms in total. The molecule has 0 aliphatic heterocycles. The molecule has 27 heavy (non-hydrogen) atoms. The van der Waals surface area contributed by atoms with Gasteiger partial charge in [0.1, 0.15) is 0 Å². The molecule has 0 saturated heterocycles. The third-order valence-electron chi connectivity index (χ3n) is 5.58. The fourth-order valence-corrected chi connectivity index (χ4v) is 3.68. The predicted molar refractivity (Wildman–Crippen MR) is 99.7 cm³/mol. The predicted octanol–water partition coefficient (Wildman–Crippen LogP) is 3.60. The quantitative estimate of drug-likeness (QED) is 0.538. The number of benzene rings is 1. The molecule has 1 aromatic rings. The average Bonchev–Trinajstić information content (AvgIpc) is 3.42. The molecule has 3 rings (SSSR count). The monoisotopic (exact) mass is 383 g/mol. The topological polar surface area (TPSA) is 56.7 Å². The molecule has 0 heterocycles. The van der Waals surface area contributed by atoms with E-state index in [9.17, 15) is 18.3 Å². The minimum Gasteiger partial charge on any atom is -0.393 e. The van der Waals surface area contributed by atoms with Crippen LogP contribution in [0.3, 0.4) is 0 Å². The molecule has 0 spiro atoms. The second-order valence-corrected chi connectivity index (χ2v) is 7.70. The van der Waals surface area contributed by atoms with E-state index < -0.39 is 11.7 Å². The summed E-state index contributed by atoms with van der Waals surface area (Å²) in [7, 11) is 0. The van der Waals surface area contributed by atoms with Gasteiger partial charge in [-0.15, -0.1) is 0 Å². The van der Waals surface area contributed by atoms with Crippen molar-refractivity contribution in [1.82, 2.24) is 10.6 Å². The van der Waals surface area contributed by atoms with Gasteiger partial charge < -0.3 is 15.7 Å². The lowest BCUT2D eigenvalue weighted by atomic mass is 9.93. The van der Waals surface area contributed by atoms with Crippen LogP contribution in [0.25, 0.3) is 0 Å². The van der Waals surface area contributed by atoms with Gasteiger partial charge in [-0.3, -0.25) is 4.99 Å². The molecule has 150 valence electrons. The number of halogens is 3. The first-order chi connectivity index (χ1) is 12.8. The van der Waals surface area contributed by atoms with Crippen molar-refractivity contribution in [2.45, 2.75) is 69.2 Å². The van der Waals surface area contributed by atoms with E-state index in [1.807, 2.05) is 6.92 Å². The van der Waals surface area contributed by atoms with Crippen LogP contribution in [0.5, 0.6) is 0 Å². The highest BCUT2D eigenvalue weighted by Crippen LogP contribution is 2.49. The first-order valence-electron chi connectivity index (χ1n) is 9.73. The number of guanidine groups is 1. The van der Waals surface area contributed by atoms with E-state index >= 15 is 0 Å². The third-order valence-corrected chi connectivity index (χ3v) is 5.58. The Morgan fingerprint density at radius 3 is 2.52 bits per heavy atom. The highest BCUT2D eigenvalue weighted by atomic mass is 19.4. The van der Waals surface area contributed by atoms with Crippen molar-refractivity contribution < 1.29 is 18.3 Å². The summed E-state index contributed by atoms with van der Waals surface area (Å²) in [6.45, 7) is 3.18. The Balaban J connectivity index is 1.68. The number of nitrogens with zero attached hydrogens (tertiary/aromatic N) is 1. The van der Waals surface area contributed by atoms with Crippen LogP contribution < -0.4 is 10.6 Å². The molecule has 3 N–H and O–H groups in total. The molecule has 2 fully saturated rings. The van der Waals surface area contributed by atoms with Crippen molar-refractivity contribution >= 4 is 5.96 Å². The molecule has 0 atom stereocenters. The highest BCUT2D eigenvalue weighted by molar-refractivity contribution is 5.80. The fraction of sp³-hybridized carbons (Fsp3) is 0.650. The van der Waals surface area contributed by atoms with E-state index in [1.54, 1.807) is 6.07 Å². The molecule has 0 unspecified atom stereocenters. The molecule has 0 bridgehead atoms. The van der Waals surface area contributed by atoms with E-state index in [1.165, 1.54) is 12.1 Å². The number of aliphatic imine (C=N–C) groups is 1. The Labute approximate surface area is 158 Å². The summed E-state index contributed by atoms with van der Waals surface area (Å²) in [5.41, 5.74) is -0.161. The maximum absolute atomic E-state index is 13.0. The SMILES string of the molecule is CCNC(=NCC1(c2cccc(C(F)(F)F)c2)CC1)NC1CCC(O)CC1. The minimum absolute atomic E-state index is 0.210. The van der Waals surface area contributed by atoms with Crippen molar-refractivity contribution in [1.29, 1.82) is 0 Å². The standard InChI is InChI=1S/C20H28F3N3O/c1-2-24-18(26-16-6-8-17(27)9-7-16)25-13-19(10-11-19)14-4-3-5-15(12-14)20(21,22)23/h3-5,12,16-17,27H,2,6-11,13H2,1H3,(H2,24,25,26). The summed E-state index contributed by atoms with van der Waals surface area (Å²) < 4.78 is 39.0. The van der Waals surface area contributed by atoms with E-state index in [0.717, 1.165) is 56.7 Å². The number of hydrogen-bond donors (Lipinski definition) is 3. The summed E-state index contributed by atoms with van der Waals surface area (Å²) >= 11 is 0. The van der Waals surface area contributed by atoms with Gasteiger partial charge in [0.15, 0.2) is 5.96 Å². The number of hydrogen-bond acceptors (Lipinski definition) is 2. The number of alkyl halides is 3. The van der Waals surface area contributed by atoms with Gasteiger partial charge in [0.2, 0.25) is 0 Å². The Morgan fingerprint density at radius 1 is 1.22 bits per heavy atom. The van der Waals surface area contributed by atoms with Gasteiger partial charge in [0.05, 0.1) is 18.2 Å². The number of nitrogens with one attached hydrogen (secondary N) is 2. The highest BCUT2D eigenvalue weighted by Gasteiger charge is 2.45. The molecule has 2 aliphatic rings. The van der Waals surface area contributed by atoms with Gasteiger partial charge in [0, 0.05) is 18.0 Å². The van der Waals surface area contributed by atoms with E-state index in [4.69, 9.17) is 0 Å². The maximum Gasteiger partial charge on any atom is 0.416 e. The Bertz CT molecular complexity index is 663. The van der Waals surface area contributed by atoms with Crippen molar-refractivity contribution in [2.75, 3.05) is 13.1 Å². The van der Waals surface area contributed by atoms with Crippen LogP contribution >= 0.6 is 0 Å². The summed E-state index contributed by atoms with van der Waals surface area (Å²) in [6.07, 6.45) is 0.528. The van der Waals surface area contributed by atoms with Crippen LogP contribution in [0.15, 0.2) is 29.3 Å². The smallest absolute Gasteiger partial charge is 0.393 e. The molecule has 7 heteroatoms. The Kier molecular flexibility index (Phi) is 5.99. The van der Waals surface area contributed by atoms with E-state index in [0.29, 0.717) is 12.5 Å². The normalized spacial score (nSPS) is 25.1. The third kappa shape index (κ3) is 5.15. The van der Waals surface area contributed by atoms with Crippen LogP contribution in [0.4, 0.5) is 13.2 Å². The second-order valence-electron chi connectivity index (χ2n) is 7.70. The van der Waals surface area contributed by atoms with Crippen LogP contribution in [-0.4, -0.2) is 36.3 Å². The van der Waals surface area contributed by atoms with Crippen molar-refractivity contribution in [2.24, 2.45) is 4.99 Å². The van der Waals surface area contributed by atoms with Gasteiger partial charge in [0.25, 0.3) is 0 Å². The lowest BCUT2D eigenvalue weighted by molar-refractivity contribution is -0.137. The van der Waals surface area contributed by atoms with Gasteiger partial charge in [-0.1, -0.05) is 18.2 Å². The zero-order chi connectivity index (χ0) is 19.5. The molecule has 0 radical (unpaired) electrons. The Morgan fingerprint density at radius 2 is 1.93 bits per heavy atom. The van der Waals surface area contributed by atoms with E-state index in [2.05, 4.69) is 15.6 Å². The van der Waals surface area contributed by atoms with E-state index in [-0.39, 0.29) is 17.6 Å². The second kappa shape index (κ2) is 8.09. The largest absolute Gasteiger partial charge is 0.416 e. The summed E-state index contributed by atoms with van der Waals surface area (Å²) in [4.78, 5) is 4.68.